The van der Waals surface area contributed by atoms with Gasteiger partial charge in [-0.3, -0.25) is 0 Å². The fourth-order valence-corrected chi connectivity index (χ4v) is 6.10. The molecule has 0 radical (unpaired) electrons. The third kappa shape index (κ3) is 6.05. The summed E-state index contributed by atoms with van der Waals surface area (Å²) in [5, 5.41) is 0. The molecular weight excluding hydrogens is 583 g/mol. The SMILES string of the molecule is c1ccc(-c2cccc(-c3nc(-c4ccccc4)nc(-c4ccc(-c5cccc(-c6ccccc6-c6ccccc6)c5)cc4)n3)c2)cc1. The van der Waals surface area contributed by atoms with Gasteiger partial charge in [0.25, 0.3) is 0 Å². The molecular formula is C45H31N3. The Hall–Kier alpha value is -6.45. The predicted octanol–water partition coefficient (Wildman–Crippen LogP) is 11.5. The van der Waals surface area contributed by atoms with E-state index in [-0.39, 0.29) is 0 Å². The summed E-state index contributed by atoms with van der Waals surface area (Å²) in [5.74, 6) is 1.93. The average molecular weight is 614 g/mol. The zero-order valence-electron chi connectivity index (χ0n) is 26.2. The third-order valence-corrected chi connectivity index (χ3v) is 8.56. The number of hydrogen-bond acceptors (Lipinski definition) is 3. The van der Waals surface area contributed by atoms with E-state index in [0.29, 0.717) is 17.5 Å². The molecule has 0 atom stereocenters. The molecule has 3 heteroatoms. The summed E-state index contributed by atoms with van der Waals surface area (Å²) in [6, 6.07) is 65.3. The van der Waals surface area contributed by atoms with Crippen LogP contribution >= 0.6 is 0 Å². The molecule has 0 unspecified atom stereocenters. The lowest BCUT2D eigenvalue weighted by molar-refractivity contribution is 1.07. The largest absolute Gasteiger partial charge is 0.208 e. The molecule has 0 aliphatic carbocycles. The van der Waals surface area contributed by atoms with Crippen molar-refractivity contribution >= 4 is 0 Å². The molecule has 0 aliphatic heterocycles. The summed E-state index contributed by atoms with van der Waals surface area (Å²) in [5.41, 5.74) is 12.2. The Kier molecular flexibility index (Phi) is 7.92. The first-order valence-electron chi connectivity index (χ1n) is 16.1. The van der Waals surface area contributed by atoms with Gasteiger partial charge in [-0.15, -0.1) is 0 Å². The van der Waals surface area contributed by atoms with Crippen molar-refractivity contribution in [3.05, 3.63) is 188 Å². The topological polar surface area (TPSA) is 38.7 Å². The number of hydrogen-bond donors (Lipinski definition) is 0. The Morgan fingerprint density at radius 1 is 0.208 bits per heavy atom. The van der Waals surface area contributed by atoms with Gasteiger partial charge in [0.1, 0.15) is 0 Å². The second-order valence-electron chi connectivity index (χ2n) is 11.7. The molecule has 3 nitrogen and oxygen atoms in total. The van der Waals surface area contributed by atoms with Crippen LogP contribution in [0.1, 0.15) is 0 Å². The molecule has 48 heavy (non-hydrogen) atoms. The summed E-state index contributed by atoms with van der Waals surface area (Å²) < 4.78 is 0. The van der Waals surface area contributed by atoms with Crippen LogP contribution in [0.2, 0.25) is 0 Å². The number of rotatable bonds is 7. The van der Waals surface area contributed by atoms with Crippen LogP contribution < -0.4 is 0 Å². The normalized spacial score (nSPS) is 10.9. The molecule has 0 bridgehead atoms. The highest BCUT2D eigenvalue weighted by molar-refractivity contribution is 5.85. The highest BCUT2D eigenvalue weighted by Gasteiger charge is 2.14. The van der Waals surface area contributed by atoms with Gasteiger partial charge in [0, 0.05) is 16.7 Å². The lowest BCUT2D eigenvalue weighted by Gasteiger charge is -2.12. The van der Waals surface area contributed by atoms with E-state index in [1.54, 1.807) is 0 Å². The first-order valence-corrected chi connectivity index (χ1v) is 16.1. The maximum absolute atomic E-state index is 5.01. The lowest BCUT2D eigenvalue weighted by Crippen LogP contribution is -2.00. The van der Waals surface area contributed by atoms with Gasteiger partial charge in [-0.2, -0.15) is 0 Å². The van der Waals surface area contributed by atoms with Gasteiger partial charge in [0.15, 0.2) is 17.5 Å². The highest BCUT2D eigenvalue weighted by atomic mass is 15.0. The first-order chi connectivity index (χ1) is 23.8. The maximum atomic E-state index is 5.01. The minimum absolute atomic E-state index is 0.640. The first kappa shape index (κ1) is 29.0. The van der Waals surface area contributed by atoms with Crippen LogP contribution in [0.25, 0.3) is 78.7 Å². The van der Waals surface area contributed by atoms with Crippen molar-refractivity contribution in [1.82, 2.24) is 15.0 Å². The quantitative estimate of drug-likeness (QED) is 0.179. The Bertz CT molecular complexity index is 2310. The van der Waals surface area contributed by atoms with Crippen LogP contribution in [-0.4, -0.2) is 15.0 Å². The summed E-state index contributed by atoms with van der Waals surface area (Å²) in [7, 11) is 0. The van der Waals surface area contributed by atoms with Crippen LogP contribution in [0, 0.1) is 0 Å². The molecule has 0 N–H and O–H groups in total. The zero-order valence-corrected chi connectivity index (χ0v) is 26.2. The Labute approximate surface area is 280 Å². The molecule has 0 fully saturated rings. The molecule has 0 saturated heterocycles. The number of aromatic nitrogens is 3. The Morgan fingerprint density at radius 2 is 0.542 bits per heavy atom. The van der Waals surface area contributed by atoms with Gasteiger partial charge in [-0.25, -0.2) is 15.0 Å². The fraction of sp³-hybridized carbons (Fsp3) is 0. The second kappa shape index (κ2) is 13.1. The minimum Gasteiger partial charge on any atom is -0.208 e. The number of nitrogens with zero attached hydrogens (tertiary/aromatic N) is 3. The molecule has 8 rings (SSSR count). The van der Waals surface area contributed by atoms with E-state index in [4.69, 9.17) is 15.0 Å². The van der Waals surface area contributed by atoms with E-state index >= 15 is 0 Å². The zero-order chi connectivity index (χ0) is 32.1. The minimum atomic E-state index is 0.640. The van der Waals surface area contributed by atoms with Crippen molar-refractivity contribution in [3.8, 4) is 78.7 Å². The van der Waals surface area contributed by atoms with Crippen molar-refractivity contribution in [2.45, 2.75) is 0 Å². The molecule has 1 heterocycles. The standard InChI is InChI=1S/C45H31N3/c1-4-14-32(15-5-1)38-21-13-23-40(31-38)45-47-43(35-18-8-3-9-19-35)46-44(48-45)36-28-26-33(27-29-36)37-20-12-22-39(30-37)42-25-11-10-24-41(42)34-16-6-2-7-17-34/h1-31H. The molecule has 1 aromatic heterocycles. The summed E-state index contributed by atoms with van der Waals surface area (Å²) in [4.78, 5) is 14.9. The van der Waals surface area contributed by atoms with E-state index in [9.17, 15) is 0 Å². The van der Waals surface area contributed by atoms with E-state index in [0.717, 1.165) is 38.9 Å². The monoisotopic (exact) mass is 613 g/mol. The Balaban J connectivity index is 1.16. The van der Waals surface area contributed by atoms with Crippen molar-refractivity contribution in [2.24, 2.45) is 0 Å². The van der Waals surface area contributed by atoms with Crippen molar-refractivity contribution in [1.29, 1.82) is 0 Å². The maximum Gasteiger partial charge on any atom is 0.164 e. The lowest BCUT2D eigenvalue weighted by atomic mass is 9.92. The van der Waals surface area contributed by atoms with E-state index in [1.165, 1.54) is 22.3 Å². The molecule has 0 spiro atoms. The van der Waals surface area contributed by atoms with Gasteiger partial charge < -0.3 is 0 Å². The number of benzene rings is 7. The van der Waals surface area contributed by atoms with E-state index in [2.05, 4.69) is 152 Å². The van der Waals surface area contributed by atoms with Crippen LogP contribution in [-0.2, 0) is 0 Å². The second-order valence-corrected chi connectivity index (χ2v) is 11.7. The smallest absolute Gasteiger partial charge is 0.164 e. The van der Waals surface area contributed by atoms with Crippen molar-refractivity contribution < 1.29 is 0 Å². The molecule has 8 aromatic rings. The molecule has 226 valence electrons. The van der Waals surface area contributed by atoms with E-state index in [1.807, 2.05) is 36.4 Å². The van der Waals surface area contributed by atoms with Crippen LogP contribution in [0.5, 0.6) is 0 Å². The average Bonchev–Trinajstić information content (AvgIpc) is 3.19. The summed E-state index contributed by atoms with van der Waals surface area (Å²) in [6.45, 7) is 0. The van der Waals surface area contributed by atoms with Gasteiger partial charge >= 0.3 is 0 Å². The third-order valence-electron chi connectivity index (χ3n) is 8.56. The van der Waals surface area contributed by atoms with Gasteiger partial charge in [-0.1, -0.05) is 176 Å². The fourth-order valence-electron chi connectivity index (χ4n) is 6.10. The van der Waals surface area contributed by atoms with E-state index < -0.39 is 0 Å². The van der Waals surface area contributed by atoms with Crippen LogP contribution in [0.15, 0.2) is 188 Å². The van der Waals surface area contributed by atoms with Crippen molar-refractivity contribution in [2.75, 3.05) is 0 Å². The summed E-state index contributed by atoms with van der Waals surface area (Å²) in [6.07, 6.45) is 0. The van der Waals surface area contributed by atoms with Crippen LogP contribution in [0.4, 0.5) is 0 Å². The summed E-state index contributed by atoms with van der Waals surface area (Å²) >= 11 is 0. The molecule has 0 aliphatic rings. The molecule has 0 saturated carbocycles. The predicted molar refractivity (Wildman–Crippen MR) is 198 cm³/mol. The van der Waals surface area contributed by atoms with Gasteiger partial charge in [0.05, 0.1) is 0 Å². The highest BCUT2D eigenvalue weighted by Crippen LogP contribution is 2.35. The molecule has 7 aromatic carbocycles. The Morgan fingerprint density at radius 3 is 1.12 bits per heavy atom. The van der Waals surface area contributed by atoms with Crippen molar-refractivity contribution in [3.63, 3.8) is 0 Å². The van der Waals surface area contributed by atoms with Crippen LogP contribution in [0.3, 0.4) is 0 Å². The van der Waals surface area contributed by atoms with Gasteiger partial charge in [-0.05, 0) is 56.6 Å². The molecule has 0 amide bonds. The van der Waals surface area contributed by atoms with Gasteiger partial charge in [0.2, 0.25) is 0 Å².